The Morgan fingerprint density at radius 1 is 1.00 bits per heavy atom. The van der Waals surface area contributed by atoms with Crippen molar-refractivity contribution < 1.29 is 0 Å². The van der Waals surface area contributed by atoms with Crippen LogP contribution in [0.2, 0.25) is 12.6 Å². The van der Waals surface area contributed by atoms with Gasteiger partial charge < -0.3 is 0 Å². The standard InChI is InChI=1S/C18H26Si/c1-7-19(6,17-11-9-8-10-12-17)18-15(4)13(2)14(3)16(18)5/h8-12,15H,7H2,1-6H3. The zero-order valence-electron chi connectivity index (χ0n) is 13.2. The van der Waals surface area contributed by atoms with Crippen LogP contribution in [-0.4, -0.2) is 8.07 Å². The van der Waals surface area contributed by atoms with Gasteiger partial charge in [-0.3, -0.25) is 0 Å². The fourth-order valence-electron chi connectivity index (χ4n) is 3.61. The van der Waals surface area contributed by atoms with E-state index in [9.17, 15) is 0 Å². The minimum absolute atomic E-state index is 0.636. The maximum Gasteiger partial charge on any atom is 0.111 e. The van der Waals surface area contributed by atoms with Crippen molar-refractivity contribution in [3.05, 3.63) is 52.2 Å². The van der Waals surface area contributed by atoms with Crippen LogP contribution in [0.3, 0.4) is 0 Å². The highest BCUT2D eigenvalue weighted by molar-refractivity contribution is 6.96. The topological polar surface area (TPSA) is 0 Å². The highest BCUT2D eigenvalue weighted by Crippen LogP contribution is 2.42. The van der Waals surface area contributed by atoms with Crippen LogP contribution in [-0.2, 0) is 0 Å². The molecule has 0 saturated carbocycles. The van der Waals surface area contributed by atoms with Crippen molar-refractivity contribution in [2.24, 2.45) is 5.92 Å². The van der Waals surface area contributed by atoms with E-state index in [4.69, 9.17) is 0 Å². The summed E-state index contributed by atoms with van der Waals surface area (Å²) in [7, 11) is -1.54. The predicted molar refractivity (Wildman–Crippen MR) is 88.4 cm³/mol. The first-order valence-corrected chi connectivity index (χ1v) is 10.1. The molecule has 2 unspecified atom stereocenters. The molecule has 1 heteroatoms. The molecule has 0 heterocycles. The van der Waals surface area contributed by atoms with Crippen molar-refractivity contribution in [1.82, 2.24) is 0 Å². The molecule has 0 amide bonds. The molecule has 0 aliphatic heterocycles. The van der Waals surface area contributed by atoms with Crippen LogP contribution in [0.5, 0.6) is 0 Å². The van der Waals surface area contributed by atoms with E-state index in [1.165, 1.54) is 11.6 Å². The van der Waals surface area contributed by atoms with E-state index >= 15 is 0 Å². The molecule has 0 fully saturated rings. The fraction of sp³-hybridized carbons (Fsp3) is 0.444. The van der Waals surface area contributed by atoms with Gasteiger partial charge >= 0.3 is 0 Å². The van der Waals surface area contributed by atoms with Gasteiger partial charge in [0.25, 0.3) is 0 Å². The molecule has 0 nitrogen and oxygen atoms in total. The molecule has 1 aromatic rings. The van der Waals surface area contributed by atoms with Gasteiger partial charge in [0, 0.05) is 0 Å². The van der Waals surface area contributed by atoms with Crippen molar-refractivity contribution in [3.63, 3.8) is 0 Å². The molecule has 1 aliphatic rings. The lowest BCUT2D eigenvalue weighted by Gasteiger charge is -2.33. The highest BCUT2D eigenvalue weighted by Gasteiger charge is 2.39. The molecule has 2 atom stereocenters. The monoisotopic (exact) mass is 270 g/mol. The van der Waals surface area contributed by atoms with E-state index in [1.54, 1.807) is 21.5 Å². The summed E-state index contributed by atoms with van der Waals surface area (Å²) in [5.74, 6) is 0.636. The largest absolute Gasteiger partial charge is 0.111 e. The Bertz CT molecular complexity index is 536. The van der Waals surface area contributed by atoms with Gasteiger partial charge in [0.2, 0.25) is 0 Å². The van der Waals surface area contributed by atoms with Crippen molar-refractivity contribution in [1.29, 1.82) is 0 Å². The minimum atomic E-state index is -1.54. The van der Waals surface area contributed by atoms with Crippen molar-refractivity contribution in [2.75, 3.05) is 0 Å². The van der Waals surface area contributed by atoms with E-state index in [-0.39, 0.29) is 0 Å². The van der Waals surface area contributed by atoms with Crippen LogP contribution in [0.4, 0.5) is 0 Å². The molecule has 0 bridgehead atoms. The van der Waals surface area contributed by atoms with Gasteiger partial charge in [0.05, 0.1) is 0 Å². The number of benzene rings is 1. The second-order valence-corrected chi connectivity index (χ2v) is 10.6. The van der Waals surface area contributed by atoms with Crippen LogP contribution in [0.25, 0.3) is 0 Å². The Hall–Kier alpha value is -1.08. The van der Waals surface area contributed by atoms with E-state index in [0.29, 0.717) is 5.92 Å². The minimum Gasteiger partial charge on any atom is -0.0672 e. The maximum absolute atomic E-state index is 2.55. The average Bonchev–Trinajstić information content (AvgIpc) is 2.63. The van der Waals surface area contributed by atoms with Crippen LogP contribution in [0.1, 0.15) is 34.6 Å². The van der Waals surface area contributed by atoms with Gasteiger partial charge in [-0.2, -0.15) is 0 Å². The summed E-state index contributed by atoms with van der Waals surface area (Å²) < 4.78 is 0. The first-order valence-electron chi connectivity index (χ1n) is 7.38. The number of allylic oxidation sites excluding steroid dienone is 4. The van der Waals surface area contributed by atoms with E-state index in [2.05, 4.69) is 71.5 Å². The van der Waals surface area contributed by atoms with Crippen molar-refractivity contribution in [3.8, 4) is 0 Å². The molecule has 0 aromatic heterocycles. The van der Waals surface area contributed by atoms with Gasteiger partial charge in [-0.25, -0.2) is 0 Å². The lowest BCUT2D eigenvalue weighted by molar-refractivity contribution is 0.847. The average molecular weight is 270 g/mol. The molecular formula is C18H26Si. The SMILES string of the molecule is CC[Si](C)(C1=C(C)C(C)=C(C)C1C)c1ccccc1. The Balaban J connectivity index is 2.57. The third-order valence-corrected chi connectivity index (χ3v) is 10.4. The summed E-state index contributed by atoms with van der Waals surface area (Å²) in [5, 5.41) is 3.34. The van der Waals surface area contributed by atoms with Gasteiger partial charge in [-0.15, -0.1) is 0 Å². The fourth-order valence-corrected chi connectivity index (χ4v) is 7.83. The first-order chi connectivity index (χ1) is 8.93. The smallest absolute Gasteiger partial charge is 0.0672 e. The summed E-state index contributed by atoms with van der Waals surface area (Å²) in [6.07, 6.45) is 0. The van der Waals surface area contributed by atoms with Crippen LogP contribution in [0.15, 0.2) is 52.2 Å². The molecule has 102 valence electrons. The Labute approximate surface area is 119 Å². The Morgan fingerprint density at radius 2 is 1.58 bits per heavy atom. The third-order valence-electron chi connectivity index (χ3n) is 5.35. The lowest BCUT2D eigenvalue weighted by atomic mass is 10.1. The van der Waals surface area contributed by atoms with E-state index in [1.807, 2.05) is 0 Å². The van der Waals surface area contributed by atoms with Crippen molar-refractivity contribution >= 4 is 13.3 Å². The van der Waals surface area contributed by atoms with Gasteiger partial charge in [0.1, 0.15) is 8.07 Å². The molecule has 0 N–H and O–H groups in total. The first kappa shape index (κ1) is 14.3. The summed E-state index contributed by atoms with van der Waals surface area (Å²) >= 11 is 0. The number of hydrogen-bond donors (Lipinski definition) is 0. The Kier molecular flexibility index (Phi) is 3.87. The molecule has 0 spiro atoms. The molecule has 2 rings (SSSR count). The van der Waals surface area contributed by atoms with Crippen LogP contribution < -0.4 is 5.19 Å². The van der Waals surface area contributed by atoms with Gasteiger partial charge in [-0.05, 0) is 32.3 Å². The third kappa shape index (κ3) is 2.14. The summed E-state index contributed by atoms with van der Waals surface area (Å²) in [5.41, 5.74) is 4.69. The molecule has 1 aromatic carbocycles. The van der Waals surface area contributed by atoms with Gasteiger partial charge in [-0.1, -0.05) is 78.3 Å². The quantitative estimate of drug-likeness (QED) is 0.690. The predicted octanol–water partition coefficient (Wildman–Crippen LogP) is 4.83. The summed E-state index contributed by atoms with van der Waals surface area (Å²) in [6.45, 7) is 14.3. The second kappa shape index (κ2) is 5.13. The normalized spacial score (nSPS) is 22.9. The zero-order valence-corrected chi connectivity index (χ0v) is 14.2. The van der Waals surface area contributed by atoms with Crippen LogP contribution >= 0.6 is 0 Å². The van der Waals surface area contributed by atoms with E-state index in [0.717, 1.165) is 0 Å². The Morgan fingerprint density at radius 3 is 2.00 bits per heavy atom. The lowest BCUT2D eigenvalue weighted by Crippen LogP contribution is -2.48. The number of rotatable bonds is 3. The number of hydrogen-bond acceptors (Lipinski definition) is 0. The molecule has 19 heavy (non-hydrogen) atoms. The molecule has 0 saturated heterocycles. The van der Waals surface area contributed by atoms with Crippen molar-refractivity contribution in [2.45, 2.75) is 47.2 Å². The van der Waals surface area contributed by atoms with Gasteiger partial charge in [0.15, 0.2) is 0 Å². The second-order valence-electron chi connectivity index (χ2n) is 6.12. The highest BCUT2D eigenvalue weighted by atomic mass is 28.3. The molecule has 1 aliphatic carbocycles. The zero-order chi connectivity index (χ0) is 14.2. The summed E-state index contributed by atoms with van der Waals surface area (Å²) in [4.78, 5) is 0. The molecule has 0 radical (unpaired) electrons. The van der Waals surface area contributed by atoms with Crippen LogP contribution in [0, 0.1) is 5.92 Å². The molecular weight excluding hydrogens is 244 g/mol. The summed E-state index contributed by atoms with van der Waals surface area (Å²) in [6, 6.07) is 12.5. The maximum atomic E-state index is 2.55. The van der Waals surface area contributed by atoms with E-state index < -0.39 is 8.07 Å².